The van der Waals surface area contributed by atoms with E-state index in [1.807, 2.05) is 31.2 Å². The molecule has 2 aromatic rings. The number of urea groups is 1. The summed E-state index contributed by atoms with van der Waals surface area (Å²) in [7, 11) is 1.56. The number of nitrogens with zero attached hydrogens (tertiary/aromatic N) is 2. The molecule has 0 aliphatic heterocycles. The van der Waals surface area contributed by atoms with E-state index < -0.39 is 5.97 Å². The van der Waals surface area contributed by atoms with E-state index in [1.165, 1.54) is 4.90 Å². The predicted molar refractivity (Wildman–Crippen MR) is 77.9 cm³/mol. The van der Waals surface area contributed by atoms with Crippen LogP contribution in [0, 0.1) is 0 Å². The zero-order valence-corrected chi connectivity index (χ0v) is 12.0. The highest BCUT2D eigenvalue weighted by atomic mass is 16.4. The van der Waals surface area contributed by atoms with E-state index in [9.17, 15) is 9.59 Å². The van der Waals surface area contributed by atoms with Gasteiger partial charge in [-0.1, -0.05) is 12.1 Å². The van der Waals surface area contributed by atoms with Crippen molar-refractivity contribution in [1.29, 1.82) is 0 Å². The summed E-state index contributed by atoms with van der Waals surface area (Å²) in [6.07, 6.45) is -0.0804. The number of imidazole rings is 1. The molecular weight excluding hydrogens is 272 g/mol. The highest BCUT2D eigenvalue weighted by Gasteiger charge is 2.16. The topological polar surface area (TPSA) is 98.3 Å². The van der Waals surface area contributed by atoms with E-state index in [1.54, 1.807) is 7.05 Å². The Labute approximate surface area is 122 Å². The molecule has 112 valence electrons. The van der Waals surface area contributed by atoms with Crippen LogP contribution < -0.4 is 5.32 Å². The standard InChI is InChI=1S/C14H18N4O3/c1-9(15-14(21)18(2)8-7-12(19)20)13-16-10-5-3-4-6-11(10)17-13/h3-6,9H,7-8H2,1-2H3,(H,15,21)(H,16,17)(H,19,20). The largest absolute Gasteiger partial charge is 0.481 e. The first kappa shape index (κ1) is 14.8. The van der Waals surface area contributed by atoms with Crippen molar-refractivity contribution in [3.05, 3.63) is 30.1 Å². The van der Waals surface area contributed by atoms with Gasteiger partial charge >= 0.3 is 12.0 Å². The summed E-state index contributed by atoms with van der Waals surface area (Å²) in [5, 5.41) is 11.4. The molecule has 0 aliphatic carbocycles. The molecule has 7 nitrogen and oxygen atoms in total. The van der Waals surface area contributed by atoms with Crippen molar-refractivity contribution >= 4 is 23.0 Å². The van der Waals surface area contributed by atoms with Gasteiger partial charge in [0, 0.05) is 13.6 Å². The Hall–Kier alpha value is -2.57. The summed E-state index contributed by atoms with van der Waals surface area (Å²) in [6.45, 7) is 1.98. The number of benzene rings is 1. The van der Waals surface area contributed by atoms with Gasteiger partial charge in [-0.2, -0.15) is 0 Å². The number of aliphatic carboxylic acids is 1. The number of carboxylic acids is 1. The molecule has 2 amide bonds. The van der Waals surface area contributed by atoms with Crippen molar-refractivity contribution in [1.82, 2.24) is 20.2 Å². The molecule has 3 N–H and O–H groups in total. The van der Waals surface area contributed by atoms with Crippen LogP contribution >= 0.6 is 0 Å². The zero-order chi connectivity index (χ0) is 15.4. The maximum atomic E-state index is 11.9. The highest BCUT2D eigenvalue weighted by molar-refractivity contribution is 5.77. The molecule has 1 unspecified atom stereocenters. The Bertz CT molecular complexity index is 619. The molecule has 0 spiro atoms. The van der Waals surface area contributed by atoms with Gasteiger partial charge in [0.1, 0.15) is 5.82 Å². The maximum Gasteiger partial charge on any atom is 0.317 e. The second-order valence-corrected chi connectivity index (χ2v) is 4.88. The molecule has 1 atom stereocenters. The van der Waals surface area contributed by atoms with Gasteiger partial charge in [0.05, 0.1) is 23.5 Å². The van der Waals surface area contributed by atoms with Crippen LogP contribution in [0.1, 0.15) is 25.2 Å². The molecule has 0 aliphatic rings. The molecule has 1 aromatic heterocycles. The quantitative estimate of drug-likeness (QED) is 0.781. The summed E-state index contributed by atoms with van der Waals surface area (Å²) >= 11 is 0. The van der Waals surface area contributed by atoms with Crippen LogP contribution in [-0.4, -0.2) is 45.6 Å². The van der Waals surface area contributed by atoms with Crippen molar-refractivity contribution in [3.8, 4) is 0 Å². The smallest absolute Gasteiger partial charge is 0.317 e. The fourth-order valence-corrected chi connectivity index (χ4v) is 1.91. The second kappa shape index (κ2) is 6.25. The summed E-state index contributed by atoms with van der Waals surface area (Å²) < 4.78 is 0. The summed E-state index contributed by atoms with van der Waals surface area (Å²) in [6, 6.07) is 6.99. The number of aromatic nitrogens is 2. The third-order valence-corrected chi connectivity index (χ3v) is 3.17. The van der Waals surface area contributed by atoms with Gasteiger partial charge in [0.15, 0.2) is 0 Å². The Morgan fingerprint density at radius 1 is 1.43 bits per heavy atom. The van der Waals surface area contributed by atoms with Crippen LogP contribution in [0.4, 0.5) is 4.79 Å². The number of fused-ring (bicyclic) bond motifs is 1. The Morgan fingerprint density at radius 3 is 2.81 bits per heavy atom. The molecule has 0 saturated heterocycles. The fourth-order valence-electron chi connectivity index (χ4n) is 1.91. The average Bonchev–Trinajstić information content (AvgIpc) is 2.88. The Balaban J connectivity index is 1.98. The number of rotatable bonds is 5. The minimum absolute atomic E-state index is 0.0804. The van der Waals surface area contributed by atoms with E-state index >= 15 is 0 Å². The van der Waals surface area contributed by atoms with Crippen molar-refractivity contribution in [2.45, 2.75) is 19.4 Å². The van der Waals surface area contributed by atoms with Gasteiger partial charge in [0.25, 0.3) is 0 Å². The minimum Gasteiger partial charge on any atom is -0.481 e. The molecule has 2 rings (SSSR count). The Kier molecular flexibility index (Phi) is 4.42. The van der Waals surface area contributed by atoms with Crippen LogP contribution in [0.2, 0.25) is 0 Å². The molecule has 1 aromatic carbocycles. The number of carbonyl (C=O) groups excluding carboxylic acids is 1. The third-order valence-electron chi connectivity index (χ3n) is 3.17. The van der Waals surface area contributed by atoms with Gasteiger partial charge in [-0.25, -0.2) is 9.78 Å². The van der Waals surface area contributed by atoms with Crippen LogP contribution in [0.3, 0.4) is 0 Å². The number of hydrogen-bond acceptors (Lipinski definition) is 3. The van der Waals surface area contributed by atoms with Crippen LogP contribution in [0.25, 0.3) is 11.0 Å². The molecule has 0 radical (unpaired) electrons. The van der Waals surface area contributed by atoms with E-state index in [0.717, 1.165) is 11.0 Å². The van der Waals surface area contributed by atoms with E-state index in [4.69, 9.17) is 5.11 Å². The zero-order valence-electron chi connectivity index (χ0n) is 12.0. The summed E-state index contributed by atoms with van der Waals surface area (Å²) in [4.78, 5) is 31.3. The number of hydrogen-bond donors (Lipinski definition) is 3. The predicted octanol–water partition coefficient (Wildman–Crippen LogP) is 1.74. The molecule has 0 bridgehead atoms. The van der Waals surface area contributed by atoms with E-state index in [-0.39, 0.29) is 25.0 Å². The van der Waals surface area contributed by atoms with Crippen molar-refractivity contribution in [3.63, 3.8) is 0 Å². The molecule has 1 heterocycles. The minimum atomic E-state index is -0.931. The number of carboxylic acid groups (broad SMARTS) is 1. The normalized spacial score (nSPS) is 12.1. The van der Waals surface area contributed by atoms with Crippen molar-refractivity contribution < 1.29 is 14.7 Å². The number of amides is 2. The van der Waals surface area contributed by atoms with Gasteiger partial charge in [-0.15, -0.1) is 0 Å². The molecule has 0 fully saturated rings. The summed E-state index contributed by atoms with van der Waals surface area (Å²) in [5.41, 5.74) is 1.75. The van der Waals surface area contributed by atoms with Gasteiger partial charge < -0.3 is 20.3 Å². The summed E-state index contributed by atoms with van der Waals surface area (Å²) in [5.74, 6) is -0.267. The van der Waals surface area contributed by atoms with E-state index in [2.05, 4.69) is 15.3 Å². The van der Waals surface area contributed by atoms with Crippen molar-refractivity contribution in [2.75, 3.05) is 13.6 Å². The van der Waals surface area contributed by atoms with E-state index in [0.29, 0.717) is 5.82 Å². The van der Waals surface area contributed by atoms with Crippen LogP contribution in [0.5, 0.6) is 0 Å². The van der Waals surface area contributed by atoms with Gasteiger partial charge in [-0.05, 0) is 19.1 Å². The molecule has 21 heavy (non-hydrogen) atoms. The number of H-pyrrole nitrogens is 1. The first-order valence-electron chi connectivity index (χ1n) is 6.65. The van der Waals surface area contributed by atoms with Crippen LogP contribution in [0.15, 0.2) is 24.3 Å². The lowest BCUT2D eigenvalue weighted by Gasteiger charge is -2.19. The number of nitrogens with one attached hydrogen (secondary N) is 2. The highest BCUT2D eigenvalue weighted by Crippen LogP contribution is 2.15. The molecular formula is C14H18N4O3. The van der Waals surface area contributed by atoms with Crippen molar-refractivity contribution in [2.24, 2.45) is 0 Å². The fraction of sp³-hybridized carbons (Fsp3) is 0.357. The Morgan fingerprint density at radius 2 is 2.14 bits per heavy atom. The number of carbonyl (C=O) groups is 2. The lowest BCUT2D eigenvalue weighted by Crippen LogP contribution is -2.39. The molecule has 7 heteroatoms. The third kappa shape index (κ3) is 3.71. The van der Waals surface area contributed by atoms with Gasteiger partial charge in [0.2, 0.25) is 0 Å². The maximum absolute atomic E-state index is 11.9. The second-order valence-electron chi connectivity index (χ2n) is 4.88. The van der Waals surface area contributed by atoms with Crippen LogP contribution in [-0.2, 0) is 4.79 Å². The first-order chi connectivity index (χ1) is 9.97. The average molecular weight is 290 g/mol. The monoisotopic (exact) mass is 290 g/mol. The van der Waals surface area contributed by atoms with Gasteiger partial charge in [-0.3, -0.25) is 4.79 Å². The SMILES string of the molecule is CC(NC(=O)N(C)CCC(=O)O)c1nc2ccccc2[nH]1. The number of aromatic amines is 1. The number of para-hydroxylation sites is 2. The lowest BCUT2D eigenvalue weighted by atomic mass is 10.3. The molecule has 0 saturated carbocycles. The first-order valence-corrected chi connectivity index (χ1v) is 6.65. The lowest BCUT2D eigenvalue weighted by molar-refractivity contribution is -0.137.